The van der Waals surface area contributed by atoms with Gasteiger partial charge in [-0.15, -0.1) is 0 Å². The molecule has 0 aliphatic rings. The molecule has 0 fully saturated rings. The minimum atomic E-state index is 0.792. The lowest BCUT2D eigenvalue weighted by Gasteiger charge is -2.10. The van der Waals surface area contributed by atoms with Crippen molar-refractivity contribution in [1.29, 1.82) is 0 Å². The van der Waals surface area contributed by atoms with Crippen LogP contribution < -0.4 is 9.47 Å². The Kier molecular flexibility index (Phi) is 5.32. The standard InChI is InChI=1S/C10H15IO2Si/c1-12-9-4-3-8(11)7-10(9)13-5-2-6-14/h3-4,7H,2,5-6H2,1,14H3. The topological polar surface area (TPSA) is 18.5 Å². The van der Waals surface area contributed by atoms with Gasteiger partial charge in [-0.2, -0.15) is 0 Å². The van der Waals surface area contributed by atoms with Gasteiger partial charge in [0.05, 0.1) is 13.7 Å². The fourth-order valence-electron chi connectivity index (χ4n) is 1.09. The van der Waals surface area contributed by atoms with Gasteiger partial charge in [0.2, 0.25) is 0 Å². The fraction of sp³-hybridized carbons (Fsp3) is 0.400. The minimum Gasteiger partial charge on any atom is -0.493 e. The Labute approximate surface area is 102 Å². The molecule has 2 nitrogen and oxygen atoms in total. The van der Waals surface area contributed by atoms with E-state index in [9.17, 15) is 0 Å². The van der Waals surface area contributed by atoms with Gasteiger partial charge in [0.1, 0.15) is 0 Å². The molecule has 1 aromatic carbocycles. The molecule has 0 amide bonds. The highest BCUT2D eigenvalue weighted by Gasteiger charge is 2.03. The van der Waals surface area contributed by atoms with Gasteiger partial charge in [-0.1, -0.05) is 6.04 Å². The van der Waals surface area contributed by atoms with Crippen LogP contribution in [-0.4, -0.2) is 24.0 Å². The molecule has 0 aliphatic heterocycles. The van der Waals surface area contributed by atoms with Gasteiger partial charge in [0.15, 0.2) is 11.5 Å². The van der Waals surface area contributed by atoms with E-state index in [1.807, 2.05) is 18.2 Å². The van der Waals surface area contributed by atoms with E-state index in [-0.39, 0.29) is 0 Å². The third-order valence-corrected chi connectivity index (χ3v) is 3.26. The van der Waals surface area contributed by atoms with Crippen molar-refractivity contribution in [1.82, 2.24) is 0 Å². The molecular formula is C10H15IO2Si. The summed E-state index contributed by atoms with van der Waals surface area (Å²) in [6.45, 7) is 0.792. The Balaban J connectivity index is 2.67. The second-order valence-electron chi connectivity index (χ2n) is 3.00. The first-order valence-corrected chi connectivity index (χ1v) is 7.23. The number of methoxy groups -OCH3 is 1. The summed E-state index contributed by atoms with van der Waals surface area (Å²) >= 11 is 2.27. The van der Waals surface area contributed by atoms with Crippen LogP contribution in [0.25, 0.3) is 0 Å². The Morgan fingerprint density at radius 2 is 2.14 bits per heavy atom. The van der Waals surface area contributed by atoms with E-state index in [2.05, 4.69) is 22.6 Å². The predicted molar refractivity (Wildman–Crippen MR) is 70.6 cm³/mol. The van der Waals surface area contributed by atoms with Crippen LogP contribution in [0, 0.1) is 3.57 Å². The molecule has 1 rings (SSSR count). The molecule has 0 saturated heterocycles. The molecule has 0 saturated carbocycles. The lowest BCUT2D eigenvalue weighted by molar-refractivity contribution is 0.294. The molecule has 1 aromatic rings. The Bertz CT molecular complexity index is 291. The SMILES string of the molecule is COc1ccc(I)cc1OCCC[SiH3]. The highest BCUT2D eigenvalue weighted by Crippen LogP contribution is 2.28. The number of halogens is 1. The molecule has 0 aliphatic carbocycles. The maximum Gasteiger partial charge on any atom is 0.162 e. The van der Waals surface area contributed by atoms with Crippen molar-refractivity contribution in [2.75, 3.05) is 13.7 Å². The summed E-state index contributed by atoms with van der Waals surface area (Å²) < 4.78 is 12.0. The first-order chi connectivity index (χ1) is 6.77. The van der Waals surface area contributed by atoms with Crippen LogP contribution >= 0.6 is 22.6 Å². The molecule has 0 unspecified atom stereocenters. The van der Waals surface area contributed by atoms with Crippen LogP contribution in [0.15, 0.2) is 18.2 Å². The summed E-state index contributed by atoms with van der Waals surface area (Å²) in [5.41, 5.74) is 0. The zero-order valence-corrected chi connectivity index (χ0v) is 12.7. The number of benzene rings is 1. The average Bonchev–Trinajstić information content (AvgIpc) is 2.19. The molecular weight excluding hydrogens is 307 g/mol. The highest BCUT2D eigenvalue weighted by atomic mass is 127. The van der Waals surface area contributed by atoms with Crippen molar-refractivity contribution in [2.45, 2.75) is 12.5 Å². The quantitative estimate of drug-likeness (QED) is 0.468. The Hall–Kier alpha value is -0.233. The number of rotatable bonds is 5. The fourth-order valence-corrected chi connectivity index (χ4v) is 1.84. The molecule has 0 atom stereocenters. The second-order valence-corrected chi connectivity index (χ2v) is 5.24. The van der Waals surface area contributed by atoms with Crippen molar-refractivity contribution < 1.29 is 9.47 Å². The van der Waals surface area contributed by atoms with Crippen molar-refractivity contribution in [3.8, 4) is 11.5 Å². The molecule has 0 spiro atoms. The third-order valence-electron chi connectivity index (χ3n) is 1.88. The summed E-state index contributed by atoms with van der Waals surface area (Å²) in [5.74, 6) is 1.67. The van der Waals surface area contributed by atoms with Gasteiger partial charge in [-0.05, 0) is 47.2 Å². The maximum atomic E-state index is 5.64. The Morgan fingerprint density at radius 1 is 1.36 bits per heavy atom. The van der Waals surface area contributed by atoms with E-state index in [0.29, 0.717) is 0 Å². The van der Waals surface area contributed by atoms with Crippen molar-refractivity contribution in [3.05, 3.63) is 21.8 Å². The third kappa shape index (κ3) is 3.49. The van der Waals surface area contributed by atoms with Gasteiger partial charge in [-0.25, -0.2) is 0 Å². The normalized spacial score (nSPS) is 10.1. The molecule has 4 heteroatoms. The number of ether oxygens (including phenoxy) is 2. The van der Waals surface area contributed by atoms with E-state index >= 15 is 0 Å². The summed E-state index contributed by atoms with van der Waals surface area (Å²) in [5, 5.41) is 0. The van der Waals surface area contributed by atoms with Crippen LogP contribution in [0.4, 0.5) is 0 Å². The van der Waals surface area contributed by atoms with Gasteiger partial charge in [0.25, 0.3) is 0 Å². The smallest absolute Gasteiger partial charge is 0.162 e. The lowest BCUT2D eigenvalue weighted by atomic mass is 10.3. The minimum absolute atomic E-state index is 0.792. The van der Waals surface area contributed by atoms with Crippen LogP contribution in [-0.2, 0) is 0 Å². The van der Waals surface area contributed by atoms with Crippen LogP contribution in [0.1, 0.15) is 6.42 Å². The second kappa shape index (κ2) is 6.29. The average molecular weight is 322 g/mol. The van der Waals surface area contributed by atoms with Crippen LogP contribution in [0.3, 0.4) is 0 Å². The van der Waals surface area contributed by atoms with E-state index in [1.54, 1.807) is 7.11 Å². The lowest BCUT2D eigenvalue weighted by Crippen LogP contribution is -1.99. The molecule has 0 aromatic heterocycles. The van der Waals surface area contributed by atoms with E-state index in [0.717, 1.165) is 24.5 Å². The summed E-state index contributed by atoms with van der Waals surface area (Å²) in [7, 11) is 2.92. The predicted octanol–water partition coefficient (Wildman–Crippen LogP) is 1.85. The molecule has 0 heterocycles. The van der Waals surface area contributed by atoms with Crippen LogP contribution in [0.5, 0.6) is 11.5 Å². The molecule has 0 bridgehead atoms. The van der Waals surface area contributed by atoms with Gasteiger partial charge < -0.3 is 9.47 Å². The summed E-state index contributed by atoms with van der Waals surface area (Å²) in [4.78, 5) is 0. The molecule has 0 N–H and O–H groups in total. The van der Waals surface area contributed by atoms with Gasteiger partial charge >= 0.3 is 0 Å². The first-order valence-electron chi connectivity index (χ1n) is 4.74. The van der Waals surface area contributed by atoms with Crippen molar-refractivity contribution in [3.63, 3.8) is 0 Å². The molecule has 14 heavy (non-hydrogen) atoms. The summed E-state index contributed by atoms with van der Waals surface area (Å²) in [6, 6.07) is 7.25. The van der Waals surface area contributed by atoms with E-state index in [1.165, 1.54) is 19.9 Å². The maximum absolute atomic E-state index is 5.64. The zero-order chi connectivity index (χ0) is 10.4. The van der Waals surface area contributed by atoms with E-state index in [4.69, 9.17) is 9.47 Å². The zero-order valence-electron chi connectivity index (χ0n) is 8.55. The Morgan fingerprint density at radius 3 is 2.79 bits per heavy atom. The van der Waals surface area contributed by atoms with Gasteiger partial charge in [-0.3, -0.25) is 0 Å². The number of hydrogen-bond donors (Lipinski definition) is 0. The summed E-state index contributed by atoms with van der Waals surface area (Å²) in [6.07, 6.45) is 1.14. The first kappa shape index (κ1) is 11.8. The molecule has 0 radical (unpaired) electrons. The van der Waals surface area contributed by atoms with Crippen molar-refractivity contribution in [2.24, 2.45) is 0 Å². The highest BCUT2D eigenvalue weighted by molar-refractivity contribution is 14.1. The van der Waals surface area contributed by atoms with E-state index < -0.39 is 0 Å². The van der Waals surface area contributed by atoms with Crippen LogP contribution in [0.2, 0.25) is 6.04 Å². The van der Waals surface area contributed by atoms with Crippen molar-refractivity contribution >= 4 is 32.8 Å². The monoisotopic (exact) mass is 322 g/mol. The molecule has 78 valence electrons. The number of hydrogen-bond acceptors (Lipinski definition) is 2. The largest absolute Gasteiger partial charge is 0.493 e. The van der Waals surface area contributed by atoms with Gasteiger partial charge in [0, 0.05) is 13.8 Å².